The Morgan fingerprint density at radius 2 is 0.875 bits per heavy atom. The molecule has 0 N–H and O–H groups in total. The van der Waals surface area contributed by atoms with Crippen molar-refractivity contribution >= 4 is 33.0 Å². The van der Waals surface area contributed by atoms with Gasteiger partial charge in [0.05, 0.1) is 11.0 Å². The lowest BCUT2D eigenvalue weighted by Gasteiger charge is -2.18. The fourth-order valence-corrected chi connectivity index (χ4v) is 5.45. The Morgan fingerprint density at radius 3 is 1.45 bits per heavy atom. The summed E-state index contributed by atoms with van der Waals surface area (Å²) >= 11 is 0. The van der Waals surface area contributed by atoms with Gasteiger partial charge >= 0.3 is 0 Å². The van der Waals surface area contributed by atoms with Crippen LogP contribution < -0.4 is 0 Å². The van der Waals surface area contributed by atoms with Gasteiger partial charge in [-0.2, -0.15) is 0 Å². The molecule has 188 valence electrons. The Bertz CT molecular complexity index is 1920. The van der Waals surface area contributed by atoms with Crippen LogP contribution in [0.4, 0.5) is 0 Å². The van der Waals surface area contributed by atoms with E-state index in [4.69, 9.17) is 4.98 Å². The Labute approximate surface area is 234 Å². The maximum absolute atomic E-state index is 4.83. The quantitative estimate of drug-likeness (QED) is 0.170. The molecule has 0 radical (unpaired) electrons. The number of hydrogen-bond donors (Lipinski definition) is 0. The summed E-state index contributed by atoms with van der Waals surface area (Å²) in [6, 6.07) is 51.4. The maximum Gasteiger partial charge on any atom is 0.0964 e. The third-order valence-electron chi connectivity index (χ3n) is 7.37. The molecule has 0 saturated heterocycles. The van der Waals surface area contributed by atoms with Crippen molar-refractivity contribution in [3.8, 4) is 11.1 Å². The lowest BCUT2D eigenvalue weighted by Crippen LogP contribution is -1.97. The summed E-state index contributed by atoms with van der Waals surface area (Å²) in [5.74, 6) is 0. The molecule has 0 amide bonds. The lowest BCUT2D eigenvalue weighted by molar-refractivity contribution is 1.37. The van der Waals surface area contributed by atoms with Crippen molar-refractivity contribution in [2.75, 3.05) is 0 Å². The van der Waals surface area contributed by atoms with E-state index in [0.29, 0.717) is 0 Å². The molecule has 0 aliphatic heterocycles. The van der Waals surface area contributed by atoms with Gasteiger partial charge in [0.15, 0.2) is 0 Å². The molecule has 40 heavy (non-hydrogen) atoms. The second-order valence-corrected chi connectivity index (χ2v) is 9.86. The minimum absolute atomic E-state index is 0.933. The highest BCUT2D eigenvalue weighted by Gasteiger charge is 2.16. The highest BCUT2D eigenvalue weighted by Crippen LogP contribution is 2.37. The van der Waals surface area contributed by atoms with Crippen LogP contribution in [0, 0.1) is 0 Å². The van der Waals surface area contributed by atoms with Crippen LogP contribution in [0.25, 0.3) is 44.1 Å². The van der Waals surface area contributed by atoms with E-state index in [9.17, 15) is 0 Å². The zero-order chi connectivity index (χ0) is 26.7. The van der Waals surface area contributed by atoms with Gasteiger partial charge < -0.3 is 0 Å². The highest BCUT2D eigenvalue weighted by atomic mass is 14.7. The van der Waals surface area contributed by atoms with Crippen LogP contribution in [0.1, 0.15) is 22.3 Å². The van der Waals surface area contributed by atoms with Crippen molar-refractivity contribution in [2.24, 2.45) is 0 Å². The SMILES string of the molecule is c1ccc(C(=C(c2ccccc2)c2ccc(-c3cnc4c(ccc5cccnc54)c3)cc2)c2ccccc2)cc1. The van der Waals surface area contributed by atoms with Crippen molar-refractivity contribution < 1.29 is 0 Å². The summed E-state index contributed by atoms with van der Waals surface area (Å²) in [7, 11) is 0. The van der Waals surface area contributed by atoms with Crippen molar-refractivity contribution in [1.29, 1.82) is 0 Å². The van der Waals surface area contributed by atoms with Crippen LogP contribution in [0.2, 0.25) is 0 Å². The number of fused-ring (bicyclic) bond motifs is 3. The van der Waals surface area contributed by atoms with Crippen molar-refractivity contribution in [3.63, 3.8) is 0 Å². The molecule has 2 heteroatoms. The molecule has 2 heterocycles. The summed E-state index contributed by atoms with van der Waals surface area (Å²) in [4.78, 5) is 9.40. The number of aromatic nitrogens is 2. The molecule has 7 aromatic rings. The van der Waals surface area contributed by atoms with Crippen molar-refractivity contribution in [1.82, 2.24) is 9.97 Å². The van der Waals surface area contributed by atoms with Gasteiger partial charge in [-0.05, 0) is 51.1 Å². The molecule has 0 spiro atoms. The van der Waals surface area contributed by atoms with E-state index in [-0.39, 0.29) is 0 Å². The van der Waals surface area contributed by atoms with Gasteiger partial charge in [0.25, 0.3) is 0 Å². The first-order chi connectivity index (χ1) is 19.8. The zero-order valence-electron chi connectivity index (χ0n) is 21.9. The molecule has 0 fully saturated rings. The number of hydrogen-bond acceptors (Lipinski definition) is 2. The molecule has 0 atom stereocenters. The maximum atomic E-state index is 4.83. The molecule has 0 aliphatic rings. The first-order valence-corrected chi connectivity index (χ1v) is 13.5. The van der Waals surface area contributed by atoms with Crippen molar-refractivity contribution in [3.05, 3.63) is 180 Å². The van der Waals surface area contributed by atoms with Gasteiger partial charge in [-0.3, -0.25) is 9.97 Å². The first-order valence-electron chi connectivity index (χ1n) is 13.5. The van der Waals surface area contributed by atoms with Crippen molar-refractivity contribution in [2.45, 2.75) is 0 Å². The normalized spacial score (nSPS) is 11.0. The van der Waals surface area contributed by atoms with E-state index in [0.717, 1.165) is 32.9 Å². The molecule has 0 aliphatic carbocycles. The zero-order valence-corrected chi connectivity index (χ0v) is 21.9. The molecule has 0 unspecified atom stereocenters. The number of nitrogens with zero attached hydrogens (tertiary/aromatic N) is 2. The van der Waals surface area contributed by atoms with Gasteiger partial charge in [-0.1, -0.05) is 133 Å². The third kappa shape index (κ3) is 4.46. The highest BCUT2D eigenvalue weighted by molar-refractivity contribution is 6.05. The molecular weight excluding hydrogens is 484 g/mol. The molecular formula is C38H26N2. The van der Waals surface area contributed by atoms with E-state index >= 15 is 0 Å². The first kappa shape index (κ1) is 23.8. The van der Waals surface area contributed by atoms with E-state index < -0.39 is 0 Å². The monoisotopic (exact) mass is 510 g/mol. The van der Waals surface area contributed by atoms with Gasteiger partial charge in [0, 0.05) is 28.7 Å². The molecule has 5 aromatic carbocycles. The summed E-state index contributed by atoms with van der Waals surface area (Å²) in [6.07, 6.45) is 3.78. The molecule has 0 bridgehead atoms. The number of rotatable bonds is 5. The van der Waals surface area contributed by atoms with E-state index in [1.807, 2.05) is 18.5 Å². The Kier molecular flexibility index (Phi) is 6.20. The minimum Gasteiger partial charge on any atom is -0.254 e. The summed E-state index contributed by atoms with van der Waals surface area (Å²) in [6.45, 7) is 0. The standard InChI is InChI=1S/C38H26N2/c1-4-11-28(12-5-1)35(29-13-6-2-7-14-29)36(30-15-8-3-9-16-30)31-20-18-27(19-21-31)34-25-33-23-22-32-17-10-24-39-37(32)38(33)40-26-34/h1-26H. The van der Waals surface area contributed by atoms with E-state index in [1.54, 1.807) is 0 Å². The predicted molar refractivity (Wildman–Crippen MR) is 167 cm³/mol. The third-order valence-corrected chi connectivity index (χ3v) is 7.37. The molecule has 2 nitrogen and oxygen atoms in total. The van der Waals surface area contributed by atoms with E-state index in [1.165, 1.54) is 33.4 Å². The fourth-order valence-electron chi connectivity index (χ4n) is 5.45. The molecule has 2 aromatic heterocycles. The Hall–Kier alpha value is -5.34. The summed E-state index contributed by atoms with van der Waals surface area (Å²) in [5, 5.41) is 2.19. The topological polar surface area (TPSA) is 25.8 Å². The van der Waals surface area contributed by atoms with E-state index in [2.05, 4.69) is 145 Å². The molecule has 0 saturated carbocycles. The predicted octanol–water partition coefficient (Wildman–Crippen LogP) is 9.46. The van der Waals surface area contributed by atoms with Crippen LogP contribution in [0.5, 0.6) is 0 Å². The number of benzene rings is 5. The Morgan fingerprint density at radius 1 is 0.375 bits per heavy atom. The average Bonchev–Trinajstić information content (AvgIpc) is 3.04. The second kappa shape index (κ2) is 10.4. The molecule has 7 rings (SSSR count). The van der Waals surface area contributed by atoms with Crippen LogP contribution in [0.15, 0.2) is 158 Å². The van der Waals surface area contributed by atoms with Crippen LogP contribution >= 0.6 is 0 Å². The average molecular weight is 511 g/mol. The van der Waals surface area contributed by atoms with Crippen LogP contribution in [-0.4, -0.2) is 9.97 Å². The van der Waals surface area contributed by atoms with Gasteiger partial charge in [0.1, 0.15) is 0 Å². The minimum atomic E-state index is 0.933. The van der Waals surface area contributed by atoms with Gasteiger partial charge in [-0.15, -0.1) is 0 Å². The van der Waals surface area contributed by atoms with Gasteiger partial charge in [-0.25, -0.2) is 0 Å². The summed E-state index contributed by atoms with van der Waals surface area (Å²) in [5.41, 5.74) is 11.2. The fraction of sp³-hybridized carbons (Fsp3) is 0. The Balaban J connectivity index is 1.38. The van der Waals surface area contributed by atoms with Crippen LogP contribution in [0.3, 0.4) is 0 Å². The van der Waals surface area contributed by atoms with Gasteiger partial charge in [0.2, 0.25) is 0 Å². The second-order valence-electron chi connectivity index (χ2n) is 9.86. The largest absolute Gasteiger partial charge is 0.254 e. The lowest BCUT2D eigenvalue weighted by atomic mass is 9.85. The summed E-state index contributed by atoms with van der Waals surface area (Å²) < 4.78 is 0. The van der Waals surface area contributed by atoms with Crippen LogP contribution in [-0.2, 0) is 0 Å². The smallest absolute Gasteiger partial charge is 0.0964 e. The number of pyridine rings is 2.